The Morgan fingerprint density at radius 2 is 0.784 bits per heavy atom. The van der Waals surface area contributed by atoms with Gasteiger partial charge in [0.25, 0.3) is 0 Å². The van der Waals surface area contributed by atoms with Crippen LogP contribution in [0.2, 0.25) is 0 Å². The summed E-state index contributed by atoms with van der Waals surface area (Å²) in [6.07, 6.45) is 52.7. The highest BCUT2D eigenvalue weighted by atomic mass is 32.3. The van der Waals surface area contributed by atoms with Gasteiger partial charge in [0.2, 0.25) is 5.91 Å². The van der Waals surface area contributed by atoms with Crippen LogP contribution in [0, 0.1) is 0 Å². The van der Waals surface area contributed by atoms with Gasteiger partial charge in [0.15, 0.2) is 6.29 Å². The summed E-state index contributed by atoms with van der Waals surface area (Å²) in [5, 5.41) is 45.2. The maximum absolute atomic E-state index is 13.2. The molecular formula is C61H121NO11S. The maximum atomic E-state index is 13.2. The van der Waals surface area contributed by atoms with Crippen LogP contribution in [0.3, 0.4) is 0 Å². The van der Waals surface area contributed by atoms with Crippen molar-refractivity contribution in [2.45, 2.75) is 371 Å². The molecule has 0 aliphatic carbocycles. The molecule has 1 aliphatic heterocycles. The fraction of sp³-hybridized carbons (Fsp3) is 0.984. The molecule has 7 unspecified atom stereocenters. The van der Waals surface area contributed by atoms with E-state index in [1.165, 1.54) is 250 Å². The highest BCUT2D eigenvalue weighted by Gasteiger charge is 2.48. The minimum Gasteiger partial charge on any atom is -0.394 e. The number of amides is 1. The fourth-order valence-corrected chi connectivity index (χ4v) is 11.3. The molecule has 1 amide bonds. The first-order valence-electron chi connectivity index (χ1n) is 31.9. The molecule has 0 radical (unpaired) electrons. The van der Waals surface area contributed by atoms with Crippen molar-refractivity contribution in [1.29, 1.82) is 0 Å². The van der Waals surface area contributed by atoms with Gasteiger partial charge in [0.05, 0.1) is 25.4 Å². The fourth-order valence-electron chi connectivity index (χ4n) is 10.8. The topological polar surface area (TPSA) is 192 Å². The number of hydrogen-bond donors (Lipinski definition) is 6. The van der Waals surface area contributed by atoms with Crippen LogP contribution in [-0.2, 0) is 28.9 Å². The molecule has 0 aromatic heterocycles. The van der Waals surface area contributed by atoms with Gasteiger partial charge in [0, 0.05) is 6.42 Å². The van der Waals surface area contributed by atoms with Gasteiger partial charge in [0.1, 0.15) is 24.4 Å². The third kappa shape index (κ3) is 43.0. The molecule has 12 nitrogen and oxygen atoms in total. The third-order valence-corrected chi connectivity index (χ3v) is 16.1. The molecule has 13 heteroatoms. The van der Waals surface area contributed by atoms with Crippen LogP contribution in [0.4, 0.5) is 0 Å². The number of rotatable bonds is 57. The van der Waals surface area contributed by atoms with E-state index >= 15 is 0 Å². The Morgan fingerprint density at radius 3 is 1.08 bits per heavy atom. The average molecular weight is 1080 g/mol. The summed E-state index contributed by atoms with van der Waals surface area (Å²) in [4.78, 5) is 13.2. The van der Waals surface area contributed by atoms with E-state index in [1.807, 2.05) is 0 Å². The zero-order valence-electron chi connectivity index (χ0n) is 48.2. The number of carbonyl (C=O) groups excluding carboxylic acids is 1. The SMILES string of the molecule is CCCCCCCCCCCCCCCCCCCCCCCCCCCCCCCC(=O)NC(COC1OC(CO)C(O)C(OS(=O)(=O)O)C1O)C(O)CCCCCCCCCCCCCCCCCCCC. The molecule has 0 aromatic carbocycles. The van der Waals surface area contributed by atoms with Gasteiger partial charge in [-0.25, -0.2) is 4.18 Å². The maximum Gasteiger partial charge on any atom is 0.397 e. The third-order valence-electron chi connectivity index (χ3n) is 15.7. The van der Waals surface area contributed by atoms with Gasteiger partial charge in [-0.1, -0.05) is 309 Å². The summed E-state index contributed by atoms with van der Waals surface area (Å²) in [7, 11) is -5.08. The molecule has 442 valence electrons. The number of ether oxygens (including phenoxy) is 2. The van der Waals surface area contributed by atoms with Gasteiger partial charge >= 0.3 is 10.4 Å². The lowest BCUT2D eigenvalue weighted by atomic mass is 9.99. The molecule has 1 aliphatic rings. The Morgan fingerprint density at radius 1 is 0.486 bits per heavy atom. The monoisotopic (exact) mass is 1080 g/mol. The lowest BCUT2D eigenvalue weighted by molar-refractivity contribution is -0.298. The van der Waals surface area contributed by atoms with Gasteiger partial charge in [-0.05, 0) is 12.8 Å². The molecule has 0 bridgehead atoms. The molecule has 74 heavy (non-hydrogen) atoms. The second kappa shape index (κ2) is 51.5. The predicted molar refractivity (Wildman–Crippen MR) is 306 cm³/mol. The van der Waals surface area contributed by atoms with Crippen LogP contribution in [0.15, 0.2) is 0 Å². The van der Waals surface area contributed by atoms with Crippen LogP contribution in [0.25, 0.3) is 0 Å². The summed E-state index contributed by atoms with van der Waals surface area (Å²) >= 11 is 0. The van der Waals surface area contributed by atoms with Gasteiger partial charge in [-0.15, -0.1) is 0 Å². The number of carbonyl (C=O) groups is 1. The summed E-state index contributed by atoms with van der Waals surface area (Å²) in [5.41, 5.74) is 0. The van der Waals surface area contributed by atoms with Crippen molar-refractivity contribution >= 4 is 16.3 Å². The number of nitrogens with one attached hydrogen (secondary N) is 1. The summed E-state index contributed by atoms with van der Waals surface area (Å²) in [6.45, 7) is 3.52. The highest BCUT2D eigenvalue weighted by molar-refractivity contribution is 7.80. The van der Waals surface area contributed by atoms with Gasteiger partial charge < -0.3 is 35.2 Å². The normalized spacial score (nSPS) is 19.0. The minimum absolute atomic E-state index is 0.221. The largest absolute Gasteiger partial charge is 0.397 e. The van der Waals surface area contributed by atoms with E-state index in [9.17, 15) is 38.2 Å². The van der Waals surface area contributed by atoms with E-state index < -0.39 is 59.9 Å². The van der Waals surface area contributed by atoms with E-state index in [4.69, 9.17) is 9.47 Å². The standard InChI is InChI=1S/C61H121NO11S/c1-3-5-7-9-11-13-15-17-19-21-23-24-25-26-27-28-29-30-31-32-33-35-37-39-41-43-45-47-49-51-57(65)62-54(53-71-61-59(67)60(73-74(68,69)70)58(66)56(52-63)72-61)55(64)50-48-46-44-42-40-38-36-34-22-20-18-16-14-12-10-8-6-4-2/h54-56,58-61,63-64,66-67H,3-53H2,1-2H3,(H,62,65)(H,68,69,70). The minimum atomic E-state index is -5.08. The Hall–Kier alpha value is -0.900. The van der Waals surface area contributed by atoms with Crippen molar-refractivity contribution in [1.82, 2.24) is 5.32 Å². The van der Waals surface area contributed by atoms with Crippen LogP contribution < -0.4 is 5.32 Å². The number of aliphatic hydroxyl groups excluding tert-OH is 4. The Kier molecular flexibility index (Phi) is 49.5. The number of unbranched alkanes of at least 4 members (excludes halogenated alkanes) is 45. The zero-order chi connectivity index (χ0) is 54.0. The molecular weight excluding hydrogens is 955 g/mol. The predicted octanol–water partition coefficient (Wildman–Crippen LogP) is 15.6. The first-order valence-corrected chi connectivity index (χ1v) is 33.3. The molecule has 0 spiro atoms. The van der Waals surface area contributed by atoms with Crippen LogP contribution in [-0.4, -0.2) is 95.4 Å². The number of hydrogen-bond acceptors (Lipinski definition) is 10. The van der Waals surface area contributed by atoms with Crippen LogP contribution in [0.1, 0.15) is 328 Å². The molecule has 0 aromatic rings. The average Bonchev–Trinajstić information content (AvgIpc) is 3.38. The Labute approximate surface area is 456 Å². The molecule has 1 saturated heterocycles. The zero-order valence-corrected chi connectivity index (χ0v) is 49.0. The van der Waals surface area contributed by atoms with E-state index in [0.717, 1.165) is 51.4 Å². The molecule has 1 rings (SSSR count). The van der Waals surface area contributed by atoms with E-state index in [1.54, 1.807) is 0 Å². The lowest BCUT2D eigenvalue weighted by Gasteiger charge is -2.41. The van der Waals surface area contributed by atoms with E-state index in [-0.39, 0.29) is 12.5 Å². The van der Waals surface area contributed by atoms with Gasteiger partial charge in [-0.2, -0.15) is 8.42 Å². The summed E-state index contributed by atoms with van der Waals surface area (Å²) in [6, 6.07) is -0.854. The van der Waals surface area contributed by atoms with Crippen molar-refractivity contribution in [2.24, 2.45) is 0 Å². The number of aliphatic hydroxyl groups is 4. The van der Waals surface area contributed by atoms with E-state index in [0.29, 0.717) is 12.8 Å². The second-order valence-electron chi connectivity index (χ2n) is 22.7. The Balaban J connectivity index is 2.25. The molecule has 6 N–H and O–H groups in total. The smallest absolute Gasteiger partial charge is 0.394 e. The Bertz CT molecular complexity index is 1310. The summed E-state index contributed by atoms with van der Waals surface area (Å²) < 4.78 is 48.0. The lowest BCUT2D eigenvalue weighted by Crippen LogP contribution is -2.61. The second-order valence-corrected chi connectivity index (χ2v) is 23.8. The molecule has 7 atom stereocenters. The first-order chi connectivity index (χ1) is 36.0. The van der Waals surface area contributed by atoms with E-state index in [2.05, 4.69) is 23.3 Å². The van der Waals surface area contributed by atoms with Crippen molar-refractivity contribution in [3.63, 3.8) is 0 Å². The van der Waals surface area contributed by atoms with Crippen LogP contribution in [0.5, 0.6) is 0 Å². The van der Waals surface area contributed by atoms with Crippen molar-refractivity contribution in [3.05, 3.63) is 0 Å². The van der Waals surface area contributed by atoms with Crippen molar-refractivity contribution in [3.8, 4) is 0 Å². The van der Waals surface area contributed by atoms with Crippen molar-refractivity contribution < 1.29 is 51.8 Å². The molecule has 1 heterocycles. The quantitative estimate of drug-likeness (QED) is 0.0251. The summed E-state index contributed by atoms with van der Waals surface area (Å²) in [5.74, 6) is -0.221. The molecule has 1 fully saturated rings. The van der Waals surface area contributed by atoms with Gasteiger partial charge in [-0.3, -0.25) is 9.35 Å². The molecule has 0 saturated carbocycles. The van der Waals surface area contributed by atoms with Crippen LogP contribution >= 0.6 is 0 Å². The van der Waals surface area contributed by atoms with Crippen molar-refractivity contribution in [2.75, 3.05) is 13.2 Å². The highest BCUT2D eigenvalue weighted by Crippen LogP contribution is 2.26. The first kappa shape index (κ1) is 71.1.